The first-order valence-corrected chi connectivity index (χ1v) is 13.8. The van der Waals surface area contributed by atoms with Crippen molar-refractivity contribution in [3.05, 3.63) is 91.0 Å². The number of rotatable bonds is 6. The Morgan fingerprint density at radius 2 is 1.68 bits per heavy atom. The molecule has 7 rings (SSSR count). The van der Waals surface area contributed by atoms with Gasteiger partial charge in [-0.2, -0.15) is 5.10 Å². The predicted octanol–water partition coefficient (Wildman–Crippen LogP) is 5.10. The highest BCUT2D eigenvalue weighted by atomic mass is 16.1. The molecule has 0 unspecified atom stereocenters. The monoisotopic (exact) mass is 542 g/mol. The van der Waals surface area contributed by atoms with Gasteiger partial charge in [-0.1, -0.05) is 36.4 Å². The maximum atomic E-state index is 12.6. The lowest BCUT2D eigenvalue weighted by atomic mass is 10.0. The number of piperazine rings is 1. The molecule has 0 radical (unpaired) electrons. The van der Waals surface area contributed by atoms with E-state index in [1.54, 1.807) is 6.20 Å². The lowest BCUT2D eigenvalue weighted by Crippen LogP contribution is -2.44. The number of H-pyrrole nitrogens is 2. The van der Waals surface area contributed by atoms with Crippen molar-refractivity contribution in [1.29, 1.82) is 0 Å². The van der Waals surface area contributed by atoms with Crippen LogP contribution in [0.15, 0.2) is 85.5 Å². The second kappa shape index (κ2) is 10.5. The Morgan fingerprint density at radius 3 is 2.54 bits per heavy atom. The number of likely N-dealkylation sites (N-methyl/N-ethyl adjacent to an activating group) is 1. The number of anilines is 2. The predicted molar refractivity (Wildman–Crippen MR) is 163 cm³/mol. The number of pyridine rings is 2. The maximum absolute atomic E-state index is 12.6. The normalized spacial score (nSPS) is 14.1. The molecular formula is C32H30N8O. The molecule has 6 aromatic rings. The number of aromatic amines is 2. The van der Waals surface area contributed by atoms with E-state index in [1.165, 1.54) is 0 Å². The van der Waals surface area contributed by atoms with Crippen LogP contribution in [-0.4, -0.2) is 69.2 Å². The summed E-state index contributed by atoms with van der Waals surface area (Å²) >= 11 is 0. The minimum Gasteiger partial charge on any atom is -0.367 e. The SMILES string of the molecule is CN1CCN(c2cncc3[nH]c(-c4n[nH]c5ccc(-c6cncc(NC(=O)Cc7ccccc7)c6)cc45)cc23)CC1. The van der Waals surface area contributed by atoms with E-state index in [1.807, 2.05) is 67.1 Å². The van der Waals surface area contributed by atoms with Crippen molar-refractivity contribution < 1.29 is 4.79 Å². The molecule has 0 saturated carbocycles. The van der Waals surface area contributed by atoms with E-state index in [0.29, 0.717) is 12.1 Å². The van der Waals surface area contributed by atoms with Gasteiger partial charge in [0.1, 0.15) is 5.69 Å². The van der Waals surface area contributed by atoms with Gasteiger partial charge in [0.15, 0.2) is 0 Å². The van der Waals surface area contributed by atoms with E-state index >= 15 is 0 Å². The third-order valence-electron chi connectivity index (χ3n) is 7.75. The maximum Gasteiger partial charge on any atom is 0.228 e. The molecule has 0 atom stereocenters. The first kappa shape index (κ1) is 25.0. The summed E-state index contributed by atoms with van der Waals surface area (Å²) in [5, 5.41) is 13.0. The Bertz CT molecular complexity index is 1850. The lowest BCUT2D eigenvalue weighted by Gasteiger charge is -2.34. The van der Waals surface area contributed by atoms with Gasteiger partial charge >= 0.3 is 0 Å². The topological polar surface area (TPSA) is 106 Å². The fourth-order valence-electron chi connectivity index (χ4n) is 5.51. The van der Waals surface area contributed by atoms with Crippen LogP contribution in [0.4, 0.5) is 11.4 Å². The van der Waals surface area contributed by atoms with Gasteiger partial charge in [0, 0.05) is 48.7 Å². The van der Waals surface area contributed by atoms with Crippen molar-refractivity contribution >= 4 is 39.1 Å². The summed E-state index contributed by atoms with van der Waals surface area (Å²) in [6.45, 7) is 4.03. The molecule has 0 spiro atoms. The van der Waals surface area contributed by atoms with Gasteiger partial charge in [-0.3, -0.25) is 19.9 Å². The molecule has 3 N–H and O–H groups in total. The van der Waals surface area contributed by atoms with E-state index in [2.05, 4.69) is 59.4 Å². The number of carbonyl (C=O) groups excluding carboxylic acids is 1. The number of hydrogen-bond acceptors (Lipinski definition) is 6. The van der Waals surface area contributed by atoms with Crippen LogP contribution in [0.2, 0.25) is 0 Å². The van der Waals surface area contributed by atoms with Crippen LogP contribution in [-0.2, 0) is 11.2 Å². The largest absolute Gasteiger partial charge is 0.367 e. The summed E-state index contributed by atoms with van der Waals surface area (Å²) < 4.78 is 0. The Morgan fingerprint density at radius 1 is 0.854 bits per heavy atom. The van der Waals surface area contributed by atoms with E-state index in [9.17, 15) is 4.79 Å². The van der Waals surface area contributed by atoms with Crippen LogP contribution < -0.4 is 10.2 Å². The highest BCUT2D eigenvalue weighted by molar-refractivity contribution is 6.00. The number of nitrogens with zero attached hydrogens (tertiary/aromatic N) is 5. The second-order valence-electron chi connectivity index (χ2n) is 10.6. The molecule has 1 amide bonds. The standard InChI is InChI=1S/C32H30N8O/c1-39-9-11-40(12-10-39)30-20-34-19-29-25(30)16-28(36-29)32-26-15-22(7-8-27(26)37-38-32)23-14-24(18-33-17-23)35-31(41)13-21-5-3-2-4-6-21/h2-8,14-20,36H,9-13H2,1H3,(H,35,41)(H,37,38). The highest BCUT2D eigenvalue weighted by Gasteiger charge is 2.19. The number of fused-ring (bicyclic) bond motifs is 2. The van der Waals surface area contributed by atoms with E-state index in [4.69, 9.17) is 0 Å². The van der Waals surface area contributed by atoms with Crippen molar-refractivity contribution in [2.24, 2.45) is 0 Å². The third-order valence-corrected chi connectivity index (χ3v) is 7.75. The number of benzene rings is 2. The van der Waals surface area contributed by atoms with Crippen molar-refractivity contribution in [2.75, 3.05) is 43.4 Å². The first-order valence-electron chi connectivity index (χ1n) is 13.8. The van der Waals surface area contributed by atoms with Crippen LogP contribution in [0.25, 0.3) is 44.3 Å². The fraction of sp³-hybridized carbons (Fsp3) is 0.188. The van der Waals surface area contributed by atoms with E-state index < -0.39 is 0 Å². The van der Waals surface area contributed by atoms with Gasteiger partial charge in [0.2, 0.25) is 5.91 Å². The number of amides is 1. The van der Waals surface area contributed by atoms with Crippen molar-refractivity contribution in [3.63, 3.8) is 0 Å². The van der Waals surface area contributed by atoms with Crippen molar-refractivity contribution in [2.45, 2.75) is 6.42 Å². The van der Waals surface area contributed by atoms with Crippen LogP contribution in [0.1, 0.15) is 5.56 Å². The van der Waals surface area contributed by atoms with Gasteiger partial charge in [0.25, 0.3) is 0 Å². The Labute approximate surface area is 237 Å². The Balaban J connectivity index is 1.18. The molecule has 41 heavy (non-hydrogen) atoms. The van der Waals surface area contributed by atoms with Crippen LogP contribution in [0.3, 0.4) is 0 Å². The number of carbonyl (C=O) groups is 1. The van der Waals surface area contributed by atoms with Crippen LogP contribution in [0.5, 0.6) is 0 Å². The zero-order valence-electron chi connectivity index (χ0n) is 22.8. The lowest BCUT2D eigenvalue weighted by molar-refractivity contribution is -0.115. The number of aromatic nitrogens is 5. The molecule has 5 heterocycles. The van der Waals surface area contributed by atoms with Crippen LogP contribution in [0, 0.1) is 0 Å². The zero-order valence-corrected chi connectivity index (χ0v) is 22.8. The molecule has 9 heteroatoms. The minimum absolute atomic E-state index is 0.0769. The Hall–Kier alpha value is -5.02. The second-order valence-corrected chi connectivity index (χ2v) is 10.6. The van der Waals surface area contributed by atoms with Crippen LogP contribution >= 0.6 is 0 Å². The van der Waals surface area contributed by atoms with Gasteiger partial charge in [-0.05, 0) is 42.4 Å². The minimum atomic E-state index is -0.0769. The molecule has 204 valence electrons. The Kier molecular flexibility index (Phi) is 6.41. The molecule has 1 aliphatic heterocycles. The third kappa shape index (κ3) is 5.03. The molecular weight excluding hydrogens is 512 g/mol. The number of hydrogen-bond donors (Lipinski definition) is 3. The molecule has 4 aromatic heterocycles. The summed E-state index contributed by atoms with van der Waals surface area (Å²) in [7, 11) is 2.16. The first-order chi connectivity index (χ1) is 20.1. The molecule has 0 bridgehead atoms. The summed E-state index contributed by atoms with van der Waals surface area (Å²) in [5.74, 6) is -0.0769. The van der Waals surface area contributed by atoms with Gasteiger partial charge in [-0.25, -0.2) is 0 Å². The quantitative estimate of drug-likeness (QED) is 0.270. The average molecular weight is 543 g/mol. The van der Waals surface area contributed by atoms with Crippen molar-refractivity contribution in [3.8, 4) is 22.5 Å². The summed E-state index contributed by atoms with van der Waals surface area (Å²) in [4.78, 5) is 29.8. The molecule has 1 saturated heterocycles. The summed E-state index contributed by atoms with van der Waals surface area (Å²) in [6, 6.07) is 20.0. The number of nitrogens with one attached hydrogen (secondary N) is 3. The average Bonchev–Trinajstić information content (AvgIpc) is 3.62. The molecule has 1 aliphatic rings. The van der Waals surface area contributed by atoms with Gasteiger partial charge in [-0.15, -0.1) is 0 Å². The van der Waals surface area contributed by atoms with E-state index in [-0.39, 0.29) is 5.91 Å². The zero-order chi connectivity index (χ0) is 27.8. The smallest absolute Gasteiger partial charge is 0.228 e. The van der Waals surface area contributed by atoms with E-state index in [0.717, 1.165) is 81.8 Å². The van der Waals surface area contributed by atoms with Gasteiger partial charge < -0.3 is 20.1 Å². The summed E-state index contributed by atoms with van der Waals surface area (Å²) in [5.41, 5.74) is 8.40. The molecule has 1 fully saturated rings. The molecule has 2 aromatic carbocycles. The molecule has 9 nitrogen and oxygen atoms in total. The van der Waals surface area contributed by atoms with Gasteiger partial charge in [0.05, 0.1) is 53.1 Å². The van der Waals surface area contributed by atoms with Crippen molar-refractivity contribution in [1.82, 2.24) is 30.0 Å². The summed E-state index contributed by atoms with van der Waals surface area (Å²) in [6.07, 6.45) is 7.63. The fourth-order valence-corrected chi connectivity index (χ4v) is 5.51. The highest BCUT2D eigenvalue weighted by Crippen LogP contribution is 2.35. The molecule has 0 aliphatic carbocycles.